The van der Waals surface area contributed by atoms with E-state index in [4.69, 9.17) is 9.47 Å². The fourth-order valence-electron chi connectivity index (χ4n) is 4.53. The summed E-state index contributed by atoms with van der Waals surface area (Å²) in [5, 5.41) is 0. The van der Waals surface area contributed by atoms with Gasteiger partial charge in [-0.25, -0.2) is 9.59 Å². The third-order valence-electron chi connectivity index (χ3n) is 6.43. The number of hydrogen-bond donors (Lipinski definition) is 0. The highest BCUT2D eigenvalue weighted by molar-refractivity contribution is 5.99. The van der Waals surface area contributed by atoms with E-state index in [2.05, 4.69) is 0 Å². The van der Waals surface area contributed by atoms with Gasteiger partial charge in [-0.2, -0.15) is 0 Å². The standard InChI is InChI=1S/C28H30N2O6/c31-25(29-17-7-13-23(29)27(33)35-19-21-9-3-1-4-10-21)15-16-26(32)30-18-8-14-24(30)28(34)36-20-22-11-5-2-6-12-22/h1-6,9-12,15-16,23-24H,7-8,13-14,17-20H2/b16-15+/t23-,24-/m0/s1. The highest BCUT2D eigenvalue weighted by Gasteiger charge is 2.36. The maximum atomic E-state index is 12.8. The predicted octanol–water partition coefficient (Wildman–Crippen LogP) is 3.01. The molecule has 36 heavy (non-hydrogen) atoms. The number of amides is 2. The molecule has 4 rings (SSSR count). The lowest BCUT2D eigenvalue weighted by atomic mass is 10.2. The van der Waals surface area contributed by atoms with Gasteiger partial charge in [-0.1, -0.05) is 60.7 Å². The summed E-state index contributed by atoms with van der Waals surface area (Å²) in [7, 11) is 0. The number of carbonyl (C=O) groups excluding carboxylic acids is 4. The Hall–Kier alpha value is -3.94. The molecule has 2 aromatic carbocycles. The van der Waals surface area contributed by atoms with Gasteiger partial charge in [-0.05, 0) is 36.8 Å². The van der Waals surface area contributed by atoms with Gasteiger partial charge in [0, 0.05) is 25.2 Å². The van der Waals surface area contributed by atoms with Crippen molar-refractivity contribution < 1.29 is 28.7 Å². The Balaban J connectivity index is 1.29. The second-order valence-corrected chi connectivity index (χ2v) is 8.90. The fraction of sp³-hybridized carbons (Fsp3) is 0.357. The monoisotopic (exact) mass is 490 g/mol. The molecule has 188 valence electrons. The van der Waals surface area contributed by atoms with Gasteiger partial charge in [0.05, 0.1) is 0 Å². The number of benzene rings is 2. The van der Waals surface area contributed by atoms with Crippen LogP contribution in [-0.2, 0) is 41.9 Å². The largest absolute Gasteiger partial charge is 0.459 e. The lowest BCUT2D eigenvalue weighted by molar-refractivity contribution is -0.154. The minimum atomic E-state index is -0.673. The van der Waals surface area contributed by atoms with Crippen molar-refractivity contribution in [1.29, 1.82) is 0 Å². The summed E-state index contributed by atoms with van der Waals surface area (Å²) in [4.78, 5) is 53.7. The number of hydrogen-bond acceptors (Lipinski definition) is 6. The molecule has 2 amide bonds. The Labute approximate surface area is 210 Å². The SMILES string of the molecule is O=C(OCc1ccccc1)[C@@H]1CCCN1C(=O)/C=C/C(=O)N1CCC[C@H]1C(=O)OCc1ccccc1. The number of likely N-dealkylation sites (tertiary alicyclic amines) is 2. The normalized spacial score (nSPS) is 19.4. The molecule has 2 aromatic rings. The van der Waals surface area contributed by atoms with Crippen LogP contribution in [0.4, 0.5) is 0 Å². The Morgan fingerprint density at radius 3 is 1.44 bits per heavy atom. The van der Waals surface area contributed by atoms with E-state index in [1.807, 2.05) is 60.7 Å². The molecule has 0 N–H and O–H groups in total. The Bertz CT molecular complexity index is 1010. The van der Waals surface area contributed by atoms with Crippen LogP contribution < -0.4 is 0 Å². The van der Waals surface area contributed by atoms with Crippen LogP contribution in [0, 0.1) is 0 Å². The van der Waals surface area contributed by atoms with Gasteiger partial charge in [0.1, 0.15) is 25.3 Å². The van der Waals surface area contributed by atoms with Crippen LogP contribution in [0.15, 0.2) is 72.8 Å². The number of esters is 2. The van der Waals surface area contributed by atoms with Gasteiger partial charge in [-0.15, -0.1) is 0 Å². The van der Waals surface area contributed by atoms with Crippen molar-refractivity contribution in [2.75, 3.05) is 13.1 Å². The zero-order chi connectivity index (χ0) is 25.3. The number of ether oxygens (including phenoxy) is 2. The van der Waals surface area contributed by atoms with Crippen LogP contribution >= 0.6 is 0 Å². The van der Waals surface area contributed by atoms with E-state index in [9.17, 15) is 19.2 Å². The van der Waals surface area contributed by atoms with Crippen LogP contribution in [0.1, 0.15) is 36.8 Å². The van der Waals surface area contributed by atoms with E-state index < -0.39 is 35.8 Å². The summed E-state index contributed by atoms with van der Waals surface area (Å²) in [5.41, 5.74) is 1.74. The third-order valence-corrected chi connectivity index (χ3v) is 6.43. The van der Waals surface area contributed by atoms with Crippen LogP contribution in [-0.4, -0.2) is 58.7 Å². The van der Waals surface area contributed by atoms with Crippen LogP contribution in [0.25, 0.3) is 0 Å². The average molecular weight is 491 g/mol. The zero-order valence-electron chi connectivity index (χ0n) is 20.1. The lowest BCUT2D eigenvalue weighted by Gasteiger charge is -2.23. The first-order valence-corrected chi connectivity index (χ1v) is 12.2. The summed E-state index contributed by atoms with van der Waals surface area (Å²) in [5.74, 6) is -1.76. The molecule has 0 aromatic heterocycles. The van der Waals surface area contributed by atoms with E-state index in [1.54, 1.807) is 0 Å². The molecule has 2 atom stereocenters. The molecule has 0 bridgehead atoms. The minimum absolute atomic E-state index is 0.142. The Morgan fingerprint density at radius 1 is 0.667 bits per heavy atom. The molecule has 2 aliphatic heterocycles. The van der Waals surface area contributed by atoms with Gasteiger partial charge < -0.3 is 19.3 Å². The maximum Gasteiger partial charge on any atom is 0.329 e. The smallest absolute Gasteiger partial charge is 0.329 e. The van der Waals surface area contributed by atoms with Gasteiger partial charge in [0.15, 0.2) is 0 Å². The third kappa shape index (κ3) is 6.38. The second-order valence-electron chi connectivity index (χ2n) is 8.90. The molecule has 2 heterocycles. The van der Waals surface area contributed by atoms with Crippen molar-refractivity contribution in [3.05, 3.63) is 83.9 Å². The van der Waals surface area contributed by atoms with Gasteiger partial charge >= 0.3 is 11.9 Å². The lowest BCUT2D eigenvalue weighted by Crippen LogP contribution is -2.42. The van der Waals surface area contributed by atoms with Crippen LogP contribution in [0.2, 0.25) is 0 Å². The van der Waals surface area contributed by atoms with E-state index in [0.717, 1.165) is 11.1 Å². The molecule has 2 saturated heterocycles. The fourth-order valence-corrected chi connectivity index (χ4v) is 4.53. The van der Waals surface area contributed by atoms with Crippen LogP contribution in [0.3, 0.4) is 0 Å². The zero-order valence-corrected chi connectivity index (χ0v) is 20.1. The molecule has 0 spiro atoms. The molecule has 0 aliphatic carbocycles. The molecule has 2 aliphatic rings. The van der Waals surface area contributed by atoms with E-state index in [-0.39, 0.29) is 13.2 Å². The Kier molecular flexibility index (Phi) is 8.49. The molecule has 0 unspecified atom stereocenters. The molecule has 8 heteroatoms. The van der Waals surface area contributed by atoms with Gasteiger partial charge in [0.2, 0.25) is 11.8 Å². The van der Waals surface area contributed by atoms with Crippen molar-refractivity contribution >= 4 is 23.8 Å². The van der Waals surface area contributed by atoms with Crippen molar-refractivity contribution in [1.82, 2.24) is 9.80 Å². The molecule has 2 fully saturated rings. The quantitative estimate of drug-likeness (QED) is 0.417. The van der Waals surface area contributed by atoms with Gasteiger partial charge in [0.25, 0.3) is 0 Å². The van der Waals surface area contributed by atoms with Crippen molar-refractivity contribution in [3.63, 3.8) is 0 Å². The minimum Gasteiger partial charge on any atom is -0.459 e. The van der Waals surface area contributed by atoms with Crippen molar-refractivity contribution in [2.45, 2.75) is 51.0 Å². The summed E-state index contributed by atoms with van der Waals surface area (Å²) in [6.45, 7) is 1.12. The molecular weight excluding hydrogens is 460 g/mol. The molecular formula is C28H30N2O6. The van der Waals surface area contributed by atoms with E-state index >= 15 is 0 Å². The summed E-state index contributed by atoms with van der Waals surface area (Å²) in [6, 6.07) is 17.3. The van der Waals surface area contributed by atoms with Gasteiger partial charge in [-0.3, -0.25) is 9.59 Å². The predicted molar refractivity (Wildman–Crippen MR) is 131 cm³/mol. The highest BCUT2D eigenvalue weighted by Crippen LogP contribution is 2.21. The maximum absolute atomic E-state index is 12.8. The molecule has 8 nitrogen and oxygen atoms in total. The summed E-state index contributed by atoms with van der Waals surface area (Å²) >= 11 is 0. The first-order valence-electron chi connectivity index (χ1n) is 12.2. The summed E-state index contributed by atoms with van der Waals surface area (Å²) < 4.78 is 10.8. The molecule has 0 saturated carbocycles. The Morgan fingerprint density at radius 2 is 1.06 bits per heavy atom. The summed E-state index contributed by atoms with van der Waals surface area (Å²) in [6.07, 6.45) is 4.75. The van der Waals surface area contributed by atoms with E-state index in [1.165, 1.54) is 22.0 Å². The van der Waals surface area contributed by atoms with Crippen molar-refractivity contribution in [3.8, 4) is 0 Å². The number of rotatable bonds is 8. The van der Waals surface area contributed by atoms with Crippen LogP contribution in [0.5, 0.6) is 0 Å². The number of nitrogens with zero attached hydrogens (tertiary/aromatic N) is 2. The average Bonchev–Trinajstić information content (AvgIpc) is 3.60. The van der Waals surface area contributed by atoms with E-state index in [0.29, 0.717) is 38.8 Å². The highest BCUT2D eigenvalue weighted by atomic mass is 16.5. The second kappa shape index (κ2) is 12.2. The molecule has 0 radical (unpaired) electrons. The first-order chi connectivity index (χ1) is 17.5. The van der Waals surface area contributed by atoms with Crippen molar-refractivity contribution in [2.24, 2.45) is 0 Å². The topological polar surface area (TPSA) is 93.2 Å². The number of carbonyl (C=O) groups is 4. The first kappa shape index (κ1) is 25.2.